The summed E-state index contributed by atoms with van der Waals surface area (Å²) in [6.07, 6.45) is 0.664. The molecule has 0 fully saturated rings. The van der Waals surface area contributed by atoms with Crippen LogP contribution in [0.15, 0.2) is 24.3 Å². The zero-order valence-electron chi connectivity index (χ0n) is 10.3. The van der Waals surface area contributed by atoms with E-state index in [0.29, 0.717) is 6.42 Å². The van der Waals surface area contributed by atoms with Gasteiger partial charge in [0.25, 0.3) is 0 Å². The molecule has 0 aliphatic rings. The Bertz CT molecular complexity index is 387. The summed E-state index contributed by atoms with van der Waals surface area (Å²) < 4.78 is 12.7. The highest BCUT2D eigenvalue weighted by Gasteiger charge is 2.28. The molecule has 0 amide bonds. The Morgan fingerprint density at radius 1 is 1.41 bits per heavy atom. The molecule has 1 aromatic carbocycles. The average Bonchev–Trinajstić information content (AvgIpc) is 2.20. The molecule has 4 heteroatoms. The van der Waals surface area contributed by atoms with Crippen molar-refractivity contribution in [2.75, 3.05) is 0 Å². The zero-order chi connectivity index (χ0) is 13.1. The normalized spacial score (nSPS) is 13.4. The molecule has 3 nitrogen and oxygen atoms in total. The first-order valence-electron chi connectivity index (χ1n) is 5.57. The van der Waals surface area contributed by atoms with Crippen molar-refractivity contribution in [3.8, 4) is 0 Å². The van der Waals surface area contributed by atoms with Gasteiger partial charge in [0, 0.05) is 6.04 Å². The van der Waals surface area contributed by atoms with Crippen LogP contribution in [0.3, 0.4) is 0 Å². The van der Waals surface area contributed by atoms with E-state index in [1.165, 1.54) is 12.1 Å². The number of carboxylic acids is 1. The van der Waals surface area contributed by atoms with Crippen molar-refractivity contribution in [1.82, 2.24) is 5.32 Å². The smallest absolute Gasteiger partial charge is 0.323 e. The number of rotatable bonds is 5. The van der Waals surface area contributed by atoms with Gasteiger partial charge in [0.15, 0.2) is 0 Å². The van der Waals surface area contributed by atoms with Crippen molar-refractivity contribution >= 4 is 5.97 Å². The van der Waals surface area contributed by atoms with Crippen molar-refractivity contribution in [2.45, 2.75) is 38.8 Å². The molecular formula is C13H18FNO2. The van der Waals surface area contributed by atoms with E-state index in [2.05, 4.69) is 5.32 Å². The zero-order valence-corrected chi connectivity index (χ0v) is 10.3. The molecule has 0 aliphatic heterocycles. The number of hydrogen-bond acceptors (Lipinski definition) is 2. The van der Waals surface area contributed by atoms with E-state index in [9.17, 15) is 9.18 Å². The first kappa shape index (κ1) is 13.6. The third-order valence-electron chi connectivity index (χ3n) is 2.60. The van der Waals surface area contributed by atoms with Crippen LogP contribution in [0.25, 0.3) is 0 Å². The minimum atomic E-state index is -0.959. The summed E-state index contributed by atoms with van der Waals surface area (Å²) in [7, 11) is 0. The second-order valence-electron chi connectivity index (χ2n) is 4.81. The fourth-order valence-corrected chi connectivity index (χ4v) is 1.70. The predicted molar refractivity (Wildman–Crippen MR) is 64.4 cm³/mol. The molecule has 0 saturated heterocycles. The second-order valence-corrected chi connectivity index (χ2v) is 4.81. The van der Waals surface area contributed by atoms with Crippen molar-refractivity contribution in [3.05, 3.63) is 35.6 Å². The van der Waals surface area contributed by atoms with Gasteiger partial charge in [-0.2, -0.15) is 0 Å². The van der Waals surface area contributed by atoms with Gasteiger partial charge in [-0.15, -0.1) is 0 Å². The highest BCUT2D eigenvalue weighted by atomic mass is 19.1. The van der Waals surface area contributed by atoms with Crippen molar-refractivity contribution in [3.63, 3.8) is 0 Å². The van der Waals surface area contributed by atoms with E-state index < -0.39 is 11.5 Å². The van der Waals surface area contributed by atoms with Crippen LogP contribution in [0.1, 0.15) is 26.3 Å². The molecule has 0 heterocycles. The third-order valence-corrected chi connectivity index (χ3v) is 2.60. The SMILES string of the molecule is CC(Cc1ccc(F)cc1)NC(C)(C)C(=O)O. The van der Waals surface area contributed by atoms with E-state index in [4.69, 9.17) is 5.11 Å². The lowest BCUT2D eigenvalue weighted by Gasteiger charge is -2.26. The Hall–Kier alpha value is -1.42. The number of carbonyl (C=O) groups is 1. The number of benzene rings is 1. The van der Waals surface area contributed by atoms with Crippen LogP contribution in [0.4, 0.5) is 4.39 Å². The summed E-state index contributed by atoms with van der Waals surface area (Å²) in [5, 5.41) is 12.0. The Balaban J connectivity index is 2.58. The fourth-order valence-electron chi connectivity index (χ4n) is 1.70. The van der Waals surface area contributed by atoms with Crippen LogP contribution in [-0.4, -0.2) is 22.7 Å². The van der Waals surface area contributed by atoms with Gasteiger partial charge < -0.3 is 5.11 Å². The van der Waals surface area contributed by atoms with E-state index in [-0.39, 0.29) is 11.9 Å². The van der Waals surface area contributed by atoms with Gasteiger partial charge in [0.2, 0.25) is 0 Å². The van der Waals surface area contributed by atoms with Gasteiger partial charge in [-0.05, 0) is 44.9 Å². The first-order chi connectivity index (χ1) is 7.81. The summed E-state index contributed by atoms with van der Waals surface area (Å²) in [6, 6.07) is 6.24. The van der Waals surface area contributed by atoms with E-state index >= 15 is 0 Å². The molecule has 0 spiro atoms. The molecule has 1 rings (SSSR count). The topological polar surface area (TPSA) is 49.3 Å². The Morgan fingerprint density at radius 2 is 1.94 bits per heavy atom. The number of carboxylic acid groups (broad SMARTS) is 1. The third kappa shape index (κ3) is 4.15. The van der Waals surface area contributed by atoms with E-state index in [1.54, 1.807) is 26.0 Å². The van der Waals surface area contributed by atoms with E-state index in [1.807, 2.05) is 6.92 Å². The molecule has 1 unspecified atom stereocenters. The minimum absolute atomic E-state index is 0.00608. The number of aliphatic carboxylic acids is 1. The lowest BCUT2D eigenvalue weighted by Crippen LogP contribution is -2.51. The molecule has 2 N–H and O–H groups in total. The number of hydrogen-bond donors (Lipinski definition) is 2. The Morgan fingerprint density at radius 3 is 2.41 bits per heavy atom. The van der Waals surface area contributed by atoms with Crippen molar-refractivity contribution < 1.29 is 14.3 Å². The predicted octanol–water partition coefficient (Wildman–Crippen LogP) is 2.21. The van der Waals surface area contributed by atoms with Gasteiger partial charge in [-0.25, -0.2) is 4.39 Å². The van der Waals surface area contributed by atoms with Crippen LogP contribution >= 0.6 is 0 Å². The maximum absolute atomic E-state index is 12.7. The molecule has 0 radical (unpaired) electrons. The largest absolute Gasteiger partial charge is 0.480 e. The van der Waals surface area contributed by atoms with Gasteiger partial charge in [0.05, 0.1) is 0 Å². The molecule has 0 saturated carbocycles. The van der Waals surface area contributed by atoms with Crippen LogP contribution in [0, 0.1) is 5.82 Å². The summed E-state index contributed by atoms with van der Waals surface area (Å²) in [6.45, 7) is 5.15. The van der Waals surface area contributed by atoms with Gasteiger partial charge in [-0.3, -0.25) is 10.1 Å². The summed E-state index contributed by atoms with van der Waals surface area (Å²) >= 11 is 0. The summed E-state index contributed by atoms with van der Waals surface area (Å²) in [5.74, 6) is -1.15. The number of halogens is 1. The molecule has 0 aromatic heterocycles. The molecular weight excluding hydrogens is 221 g/mol. The maximum Gasteiger partial charge on any atom is 0.323 e. The second kappa shape index (κ2) is 5.27. The lowest BCUT2D eigenvalue weighted by atomic mass is 10.0. The monoisotopic (exact) mass is 239 g/mol. The molecule has 94 valence electrons. The Kier molecular flexibility index (Phi) is 4.23. The highest BCUT2D eigenvalue weighted by Crippen LogP contribution is 2.09. The maximum atomic E-state index is 12.7. The first-order valence-corrected chi connectivity index (χ1v) is 5.57. The van der Waals surface area contributed by atoms with Crippen LogP contribution in [0.5, 0.6) is 0 Å². The van der Waals surface area contributed by atoms with Gasteiger partial charge in [0.1, 0.15) is 11.4 Å². The average molecular weight is 239 g/mol. The van der Waals surface area contributed by atoms with Crippen LogP contribution < -0.4 is 5.32 Å². The molecule has 1 atom stereocenters. The molecule has 0 bridgehead atoms. The number of nitrogens with one attached hydrogen (secondary N) is 1. The molecule has 0 aliphatic carbocycles. The van der Waals surface area contributed by atoms with Crippen molar-refractivity contribution in [2.24, 2.45) is 0 Å². The lowest BCUT2D eigenvalue weighted by molar-refractivity contribution is -0.143. The van der Waals surface area contributed by atoms with Crippen molar-refractivity contribution in [1.29, 1.82) is 0 Å². The summed E-state index contributed by atoms with van der Waals surface area (Å²) in [4.78, 5) is 10.9. The highest BCUT2D eigenvalue weighted by molar-refractivity contribution is 5.77. The van der Waals surface area contributed by atoms with Crippen LogP contribution in [0.2, 0.25) is 0 Å². The van der Waals surface area contributed by atoms with Gasteiger partial charge in [-0.1, -0.05) is 12.1 Å². The molecule has 17 heavy (non-hydrogen) atoms. The van der Waals surface area contributed by atoms with E-state index in [0.717, 1.165) is 5.56 Å². The summed E-state index contributed by atoms with van der Waals surface area (Å²) in [5.41, 5.74) is 0.0204. The molecule has 1 aromatic rings. The fraction of sp³-hybridized carbons (Fsp3) is 0.462. The minimum Gasteiger partial charge on any atom is -0.480 e. The van der Waals surface area contributed by atoms with Gasteiger partial charge >= 0.3 is 5.97 Å². The quantitative estimate of drug-likeness (QED) is 0.828. The Labute approximate surface area is 101 Å². The van der Waals surface area contributed by atoms with Crippen LogP contribution in [-0.2, 0) is 11.2 Å². The standard InChI is InChI=1S/C13H18FNO2/c1-9(15-13(2,3)12(16)17)8-10-4-6-11(14)7-5-10/h4-7,9,15H,8H2,1-3H3,(H,16,17).